The molecule has 21 heavy (non-hydrogen) atoms. The SMILES string of the molecule is CC1CCN(C2CCN(Cc3ccccc3)CC2)CC1N. The molecule has 2 aliphatic heterocycles. The molecule has 3 heteroatoms. The lowest BCUT2D eigenvalue weighted by molar-refractivity contribution is 0.0688. The summed E-state index contributed by atoms with van der Waals surface area (Å²) in [7, 11) is 0. The zero-order valence-corrected chi connectivity index (χ0v) is 13.2. The lowest BCUT2D eigenvalue weighted by Crippen LogP contribution is -2.53. The van der Waals surface area contributed by atoms with E-state index < -0.39 is 0 Å². The highest BCUT2D eigenvalue weighted by molar-refractivity contribution is 5.14. The van der Waals surface area contributed by atoms with Crippen molar-refractivity contribution in [3.05, 3.63) is 35.9 Å². The predicted octanol–water partition coefficient (Wildman–Crippen LogP) is 2.32. The van der Waals surface area contributed by atoms with E-state index in [1.807, 2.05) is 0 Å². The predicted molar refractivity (Wildman–Crippen MR) is 88.1 cm³/mol. The molecule has 0 saturated carbocycles. The fraction of sp³-hybridized carbons (Fsp3) is 0.667. The third-order valence-corrected chi connectivity index (χ3v) is 5.37. The van der Waals surface area contributed by atoms with Crippen molar-refractivity contribution < 1.29 is 0 Å². The second kappa shape index (κ2) is 6.91. The fourth-order valence-corrected chi connectivity index (χ4v) is 3.74. The van der Waals surface area contributed by atoms with Gasteiger partial charge in [0.05, 0.1) is 0 Å². The van der Waals surface area contributed by atoms with Gasteiger partial charge in [-0.15, -0.1) is 0 Å². The van der Waals surface area contributed by atoms with Gasteiger partial charge in [-0.3, -0.25) is 9.80 Å². The zero-order valence-electron chi connectivity index (χ0n) is 13.2. The van der Waals surface area contributed by atoms with Gasteiger partial charge in [0.15, 0.2) is 0 Å². The van der Waals surface area contributed by atoms with Crippen LogP contribution in [0.1, 0.15) is 31.7 Å². The maximum atomic E-state index is 6.25. The van der Waals surface area contributed by atoms with Crippen LogP contribution in [0.3, 0.4) is 0 Å². The Balaban J connectivity index is 1.47. The zero-order chi connectivity index (χ0) is 14.7. The van der Waals surface area contributed by atoms with Crippen LogP contribution in [0.15, 0.2) is 30.3 Å². The minimum Gasteiger partial charge on any atom is -0.326 e. The molecule has 3 nitrogen and oxygen atoms in total. The van der Waals surface area contributed by atoms with E-state index in [0.29, 0.717) is 12.0 Å². The standard InChI is InChI=1S/C18H29N3/c1-15-7-12-21(14-18(15)19)17-8-10-20(11-9-17)13-16-5-3-2-4-6-16/h2-6,15,17-18H,7-14,19H2,1H3. The minimum absolute atomic E-state index is 0.376. The van der Waals surface area contributed by atoms with E-state index in [9.17, 15) is 0 Å². The summed E-state index contributed by atoms with van der Waals surface area (Å²) in [4.78, 5) is 5.25. The Labute approximate surface area is 129 Å². The van der Waals surface area contributed by atoms with Gasteiger partial charge in [0.1, 0.15) is 0 Å². The van der Waals surface area contributed by atoms with Crippen molar-refractivity contribution in [2.45, 2.75) is 44.8 Å². The molecule has 1 aromatic rings. The molecule has 2 saturated heterocycles. The molecule has 0 amide bonds. The van der Waals surface area contributed by atoms with Crippen LogP contribution < -0.4 is 5.73 Å². The monoisotopic (exact) mass is 287 g/mol. The van der Waals surface area contributed by atoms with Crippen LogP contribution in [-0.2, 0) is 6.54 Å². The van der Waals surface area contributed by atoms with E-state index in [4.69, 9.17) is 5.73 Å². The number of hydrogen-bond donors (Lipinski definition) is 1. The van der Waals surface area contributed by atoms with E-state index >= 15 is 0 Å². The van der Waals surface area contributed by atoms with Crippen LogP contribution in [0.5, 0.6) is 0 Å². The van der Waals surface area contributed by atoms with Crippen molar-refractivity contribution >= 4 is 0 Å². The Morgan fingerprint density at radius 1 is 1.05 bits per heavy atom. The Hall–Kier alpha value is -0.900. The van der Waals surface area contributed by atoms with Crippen LogP contribution in [0.2, 0.25) is 0 Å². The maximum absolute atomic E-state index is 6.25. The fourth-order valence-electron chi connectivity index (χ4n) is 3.74. The number of hydrogen-bond acceptors (Lipinski definition) is 3. The van der Waals surface area contributed by atoms with Crippen molar-refractivity contribution in [2.24, 2.45) is 11.7 Å². The summed E-state index contributed by atoms with van der Waals surface area (Å²) in [5, 5.41) is 0. The molecule has 3 rings (SSSR count). The first-order valence-electron chi connectivity index (χ1n) is 8.48. The number of nitrogens with two attached hydrogens (primary N) is 1. The molecular formula is C18H29N3. The Morgan fingerprint density at radius 3 is 2.43 bits per heavy atom. The van der Waals surface area contributed by atoms with Gasteiger partial charge in [-0.05, 0) is 50.4 Å². The molecule has 116 valence electrons. The van der Waals surface area contributed by atoms with E-state index in [2.05, 4.69) is 47.1 Å². The molecule has 0 radical (unpaired) electrons. The van der Waals surface area contributed by atoms with Crippen LogP contribution in [0, 0.1) is 5.92 Å². The summed E-state index contributed by atoms with van der Waals surface area (Å²) < 4.78 is 0. The highest BCUT2D eigenvalue weighted by Crippen LogP contribution is 2.23. The first kappa shape index (κ1) is 15.0. The van der Waals surface area contributed by atoms with Gasteiger partial charge < -0.3 is 5.73 Å². The first-order valence-corrected chi connectivity index (χ1v) is 8.48. The van der Waals surface area contributed by atoms with E-state index in [1.165, 1.54) is 44.5 Å². The van der Waals surface area contributed by atoms with Gasteiger partial charge in [-0.1, -0.05) is 37.3 Å². The van der Waals surface area contributed by atoms with E-state index in [-0.39, 0.29) is 0 Å². The summed E-state index contributed by atoms with van der Waals surface area (Å²) in [6.07, 6.45) is 3.87. The summed E-state index contributed by atoms with van der Waals surface area (Å²) in [6, 6.07) is 12.0. The van der Waals surface area contributed by atoms with Gasteiger partial charge in [0.2, 0.25) is 0 Å². The Bertz CT molecular complexity index is 425. The lowest BCUT2D eigenvalue weighted by atomic mass is 9.91. The maximum Gasteiger partial charge on any atom is 0.0233 e. The van der Waals surface area contributed by atoms with Crippen molar-refractivity contribution in [3.63, 3.8) is 0 Å². The second-order valence-corrected chi connectivity index (χ2v) is 6.92. The number of rotatable bonds is 3. The molecule has 2 fully saturated rings. The van der Waals surface area contributed by atoms with Crippen LogP contribution in [-0.4, -0.2) is 48.1 Å². The first-order chi connectivity index (χ1) is 10.2. The Morgan fingerprint density at radius 2 is 1.76 bits per heavy atom. The molecule has 0 spiro atoms. The largest absolute Gasteiger partial charge is 0.326 e. The van der Waals surface area contributed by atoms with E-state index in [0.717, 1.165) is 19.1 Å². The third kappa shape index (κ3) is 3.85. The summed E-state index contributed by atoms with van der Waals surface area (Å²) in [5.41, 5.74) is 7.69. The number of nitrogens with zero attached hydrogens (tertiary/aromatic N) is 2. The van der Waals surface area contributed by atoms with Gasteiger partial charge in [0.25, 0.3) is 0 Å². The highest BCUT2D eigenvalue weighted by Gasteiger charge is 2.30. The van der Waals surface area contributed by atoms with Crippen molar-refractivity contribution in [2.75, 3.05) is 26.2 Å². The minimum atomic E-state index is 0.376. The second-order valence-electron chi connectivity index (χ2n) is 6.92. The molecule has 0 aromatic heterocycles. The normalized spacial score (nSPS) is 29.6. The molecule has 1 aromatic carbocycles. The summed E-state index contributed by atoms with van der Waals surface area (Å²) >= 11 is 0. The quantitative estimate of drug-likeness (QED) is 0.926. The molecule has 2 N–H and O–H groups in total. The number of piperidine rings is 2. The lowest BCUT2D eigenvalue weighted by Gasteiger charge is -2.43. The van der Waals surface area contributed by atoms with Crippen LogP contribution in [0.4, 0.5) is 0 Å². The molecule has 2 atom stereocenters. The van der Waals surface area contributed by atoms with Crippen LogP contribution in [0.25, 0.3) is 0 Å². The summed E-state index contributed by atoms with van der Waals surface area (Å²) in [6.45, 7) is 8.19. The molecule has 0 aliphatic carbocycles. The smallest absolute Gasteiger partial charge is 0.0233 e. The van der Waals surface area contributed by atoms with Gasteiger partial charge in [0, 0.05) is 25.2 Å². The Kier molecular flexibility index (Phi) is 4.94. The molecule has 2 unspecified atom stereocenters. The molecular weight excluding hydrogens is 258 g/mol. The molecule has 0 bridgehead atoms. The third-order valence-electron chi connectivity index (χ3n) is 5.37. The number of likely N-dealkylation sites (tertiary alicyclic amines) is 2. The van der Waals surface area contributed by atoms with Gasteiger partial charge in [-0.2, -0.15) is 0 Å². The average molecular weight is 287 g/mol. The van der Waals surface area contributed by atoms with E-state index in [1.54, 1.807) is 0 Å². The van der Waals surface area contributed by atoms with Gasteiger partial charge >= 0.3 is 0 Å². The number of benzene rings is 1. The topological polar surface area (TPSA) is 32.5 Å². The van der Waals surface area contributed by atoms with Crippen molar-refractivity contribution in [1.29, 1.82) is 0 Å². The van der Waals surface area contributed by atoms with Crippen molar-refractivity contribution in [1.82, 2.24) is 9.80 Å². The van der Waals surface area contributed by atoms with Crippen LogP contribution >= 0.6 is 0 Å². The average Bonchev–Trinajstić information content (AvgIpc) is 2.52. The molecule has 2 aliphatic rings. The highest BCUT2D eigenvalue weighted by atomic mass is 15.2. The van der Waals surface area contributed by atoms with Crippen molar-refractivity contribution in [3.8, 4) is 0 Å². The molecule has 2 heterocycles. The summed E-state index contributed by atoms with van der Waals surface area (Å²) in [5.74, 6) is 0.694. The van der Waals surface area contributed by atoms with Gasteiger partial charge in [-0.25, -0.2) is 0 Å².